The maximum Gasteiger partial charge on any atom is 0.360 e. The summed E-state index contributed by atoms with van der Waals surface area (Å²) in [4.78, 5) is 15.5. The predicted molar refractivity (Wildman–Crippen MR) is 72.1 cm³/mol. The molecule has 0 saturated heterocycles. The molecule has 0 unspecified atom stereocenters. The van der Waals surface area contributed by atoms with Gasteiger partial charge in [0.05, 0.1) is 6.61 Å². The van der Waals surface area contributed by atoms with Crippen molar-refractivity contribution in [2.45, 2.75) is 45.4 Å². The molecule has 1 saturated carbocycles. The predicted octanol–water partition coefficient (Wildman–Crippen LogP) is 3.23. The molecule has 106 valence electrons. The molecule has 0 radical (unpaired) electrons. The Kier molecular flexibility index (Phi) is 5.24. The molecular formula is C14H22N2O3. The van der Waals surface area contributed by atoms with Crippen LogP contribution in [-0.4, -0.2) is 24.1 Å². The van der Waals surface area contributed by atoms with E-state index in [1.165, 1.54) is 38.4 Å². The lowest BCUT2D eigenvalue weighted by Gasteiger charge is -2.21. The van der Waals surface area contributed by atoms with Crippen molar-refractivity contribution in [2.75, 3.05) is 18.5 Å². The van der Waals surface area contributed by atoms with Gasteiger partial charge < -0.3 is 14.5 Å². The first-order valence-electron chi connectivity index (χ1n) is 7.16. The van der Waals surface area contributed by atoms with Crippen molar-refractivity contribution in [2.24, 2.45) is 5.92 Å². The summed E-state index contributed by atoms with van der Waals surface area (Å²) in [6.07, 6.45) is 9.24. The molecule has 1 heterocycles. The number of hydrogen-bond donors (Lipinski definition) is 1. The van der Waals surface area contributed by atoms with Gasteiger partial charge in [0.15, 0.2) is 5.69 Å². The second-order valence-electron chi connectivity index (χ2n) is 4.98. The lowest BCUT2D eigenvalue weighted by atomic mass is 9.87. The number of carbonyl (C=O) groups excluding carboxylic acids is 1. The molecular weight excluding hydrogens is 244 g/mol. The number of aromatic nitrogens is 1. The van der Waals surface area contributed by atoms with E-state index in [0.29, 0.717) is 12.6 Å². The summed E-state index contributed by atoms with van der Waals surface area (Å²) in [5.74, 6) is 0.382. The van der Waals surface area contributed by atoms with Crippen LogP contribution in [-0.2, 0) is 4.74 Å². The fourth-order valence-electron chi connectivity index (χ4n) is 2.51. The molecule has 1 aromatic rings. The quantitative estimate of drug-likeness (QED) is 0.801. The molecule has 1 fully saturated rings. The minimum atomic E-state index is -0.438. The third-order valence-electron chi connectivity index (χ3n) is 3.54. The largest absolute Gasteiger partial charge is 0.461 e. The summed E-state index contributed by atoms with van der Waals surface area (Å²) in [5.41, 5.74) is 0.224. The van der Waals surface area contributed by atoms with E-state index in [0.717, 1.165) is 18.9 Å². The van der Waals surface area contributed by atoms with Crippen LogP contribution in [0.1, 0.15) is 55.9 Å². The molecule has 1 aliphatic rings. The highest BCUT2D eigenvalue weighted by atomic mass is 16.5. The number of rotatable bonds is 6. The summed E-state index contributed by atoms with van der Waals surface area (Å²) >= 11 is 0. The zero-order chi connectivity index (χ0) is 13.5. The van der Waals surface area contributed by atoms with Gasteiger partial charge >= 0.3 is 5.97 Å². The van der Waals surface area contributed by atoms with E-state index in [1.807, 2.05) is 0 Å². The fourth-order valence-corrected chi connectivity index (χ4v) is 2.51. The molecule has 0 bridgehead atoms. The van der Waals surface area contributed by atoms with E-state index in [1.54, 1.807) is 6.92 Å². The van der Waals surface area contributed by atoms with Crippen LogP contribution in [0.3, 0.4) is 0 Å². The highest BCUT2D eigenvalue weighted by Gasteiger charge is 2.15. The van der Waals surface area contributed by atoms with Crippen LogP contribution in [0.15, 0.2) is 10.7 Å². The van der Waals surface area contributed by atoms with Crippen molar-refractivity contribution in [3.05, 3.63) is 12.0 Å². The van der Waals surface area contributed by atoms with E-state index in [9.17, 15) is 4.79 Å². The Hall–Kier alpha value is -1.52. The number of ether oxygens (including phenoxy) is 1. The van der Waals surface area contributed by atoms with Crippen molar-refractivity contribution < 1.29 is 13.9 Å². The highest BCUT2D eigenvalue weighted by Crippen LogP contribution is 2.26. The van der Waals surface area contributed by atoms with Gasteiger partial charge in [0.2, 0.25) is 0 Å². The zero-order valence-corrected chi connectivity index (χ0v) is 11.5. The smallest absolute Gasteiger partial charge is 0.360 e. The Bertz CT molecular complexity index is 397. The normalized spacial score (nSPS) is 16.3. The monoisotopic (exact) mass is 266 g/mol. The van der Waals surface area contributed by atoms with Crippen molar-refractivity contribution in [3.63, 3.8) is 0 Å². The number of carbonyl (C=O) groups is 1. The van der Waals surface area contributed by atoms with E-state index < -0.39 is 5.97 Å². The molecule has 1 aliphatic carbocycles. The van der Waals surface area contributed by atoms with E-state index in [-0.39, 0.29) is 5.69 Å². The van der Waals surface area contributed by atoms with E-state index in [4.69, 9.17) is 9.15 Å². The molecule has 0 atom stereocenters. The van der Waals surface area contributed by atoms with Crippen molar-refractivity contribution in [1.82, 2.24) is 4.98 Å². The van der Waals surface area contributed by atoms with Crippen LogP contribution in [0.5, 0.6) is 0 Å². The molecule has 1 N–H and O–H groups in total. The van der Waals surface area contributed by atoms with Crippen molar-refractivity contribution in [1.29, 1.82) is 0 Å². The summed E-state index contributed by atoms with van der Waals surface area (Å²) in [6.45, 7) is 2.95. The van der Waals surface area contributed by atoms with Crippen LogP contribution in [0.4, 0.5) is 6.01 Å². The average Bonchev–Trinajstić information content (AvgIpc) is 2.89. The topological polar surface area (TPSA) is 64.4 Å². The van der Waals surface area contributed by atoms with Gasteiger partial charge in [-0.05, 0) is 19.3 Å². The summed E-state index contributed by atoms with van der Waals surface area (Å²) in [5, 5.41) is 3.12. The van der Waals surface area contributed by atoms with Crippen LogP contribution in [0, 0.1) is 5.92 Å². The Morgan fingerprint density at radius 3 is 3.00 bits per heavy atom. The molecule has 2 rings (SSSR count). The van der Waals surface area contributed by atoms with Gasteiger partial charge in [0.1, 0.15) is 6.26 Å². The number of nitrogens with zero attached hydrogens (tertiary/aromatic N) is 1. The van der Waals surface area contributed by atoms with Crippen LogP contribution < -0.4 is 5.32 Å². The first kappa shape index (κ1) is 13.9. The zero-order valence-electron chi connectivity index (χ0n) is 11.5. The maximum absolute atomic E-state index is 11.4. The molecule has 5 nitrogen and oxygen atoms in total. The second-order valence-corrected chi connectivity index (χ2v) is 4.98. The van der Waals surface area contributed by atoms with Gasteiger partial charge in [-0.15, -0.1) is 0 Å². The van der Waals surface area contributed by atoms with Crippen LogP contribution in [0.25, 0.3) is 0 Å². The Balaban J connectivity index is 1.72. The number of hydrogen-bond acceptors (Lipinski definition) is 5. The molecule has 0 aliphatic heterocycles. The van der Waals surface area contributed by atoms with Crippen LogP contribution in [0.2, 0.25) is 0 Å². The molecule has 5 heteroatoms. The van der Waals surface area contributed by atoms with E-state index >= 15 is 0 Å². The fraction of sp³-hybridized carbons (Fsp3) is 0.714. The van der Waals surface area contributed by atoms with Gasteiger partial charge in [0, 0.05) is 6.54 Å². The third-order valence-corrected chi connectivity index (χ3v) is 3.54. The van der Waals surface area contributed by atoms with Crippen molar-refractivity contribution in [3.8, 4) is 0 Å². The number of oxazole rings is 1. The average molecular weight is 266 g/mol. The first-order valence-corrected chi connectivity index (χ1v) is 7.16. The molecule has 0 aromatic carbocycles. The Morgan fingerprint density at radius 2 is 2.26 bits per heavy atom. The third kappa shape index (κ3) is 4.26. The molecule has 19 heavy (non-hydrogen) atoms. The minimum Gasteiger partial charge on any atom is -0.461 e. The minimum absolute atomic E-state index is 0.224. The summed E-state index contributed by atoms with van der Waals surface area (Å²) in [6, 6.07) is 0.402. The standard InChI is InChI=1S/C14H22N2O3/c1-2-18-13(17)12-10-19-14(16-12)15-9-8-11-6-4-3-5-7-11/h10-11H,2-9H2,1H3,(H,15,16). The molecule has 1 aromatic heterocycles. The molecule has 0 amide bonds. The Morgan fingerprint density at radius 1 is 1.47 bits per heavy atom. The highest BCUT2D eigenvalue weighted by molar-refractivity contribution is 5.87. The number of anilines is 1. The van der Waals surface area contributed by atoms with Gasteiger partial charge in [-0.1, -0.05) is 32.1 Å². The van der Waals surface area contributed by atoms with Gasteiger partial charge in [-0.3, -0.25) is 0 Å². The van der Waals surface area contributed by atoms with Gasteiger partial charge in [0.25, 0.3) is 6.01 Å². The first-order chi connectivity index (χ1) is 9.29. The summed E-state index contributed by atoms with van der Waals surface area (Å²) in [7, 11) is 0. The second kappa shape index (κ2) is 7.16. The Labute approximate surface area is 113 Å². The van der Waals surface area contributed by atoms with Crippen molar-refractivity contribution >= 4 is 12.0 Å². The number of esters is 1. The van der Waals surface area contributed by atoms with Gasteiger partial charge in [-0.2, -0.15) is 4.98 Å². The molecule has 0 spiro atoms. The van der Waals surface area contributed by atoms with Gasteiger partial charge in [-0.25, -0.2) is 4.79 Å². The van der Waals surface area contributed by atoms with Crippen LogP contribution >= 0.6 is 0 Å². The summed E-state index contributed by atoms with van der Waals surface area (Å²) < 4.78 is 10.1. The van der Waals surface area contributed by atoms with E-state index in [2.05, 4.69) is 10.3 Å². The SMILES string of the molecule is CCOC(=O)c1coc(NCCC2CCCCC2)n1. The number of nitrogens with one attached hydrogen (secondary N) is 1. The lowest BCUT2D eigenvalue weighted by molar-refractivity contribution is 0.0519. The lowest BCUT2D eigenvalue weighted by Crippen LogP contribution is -2.12. The maximum atomic E-state index is 11.4.